The Morgan fingerprint density at radius 1 is 0.800 bits per heavy atom. The number of aromatic hydroxyl groups is 1. The van der Waals surface area contributed by atoms with Crippen molar-refractivity contribution >= 4 is 28.9 Å². The van der Waals surface area contributed by atoms with Gasteiger partial charge in [-0.2, -0.15) is 0 Å². The van der Waals surface area contributed by atoms with Gasteiger partial charge in [0.2, 0.25) is 0 Å². The van der Waals surface area contributed by atoms with E-state index >= 15 is 0 Å². The van der Waals surface area contributed by atoms with Crippen molar-refractivity contribution in [2.75, 3.05) is 36.7 Å². The van der Waals surface area contributed by atoms with Crippen molar-refractivity contribution in [3.63, 3.8) is 0 Å². The van der Waals surface area contributed by atoms with E-state index in [0.29, 0.717) is 28.3 Å². The van der Waals surface area contributed by atoms with Crippen molar-refractivity contribution in [1.82, 2.24) is 0 Å². The normalized spacial score (nSPS) is 10.2. The molecule has 0 heterocycles. The van der Waals surface area contributed by atoms with E-state index in [2.05, 4.69) is 10.6 Å². The van der Waals surface area contributed by atoms with Gasteiger partial charge in [0.15, 0.2) is 0 Å². The lowest BCUT2D eigenvalue weighted by atomic mass is 10.1. The molecule has 0 saturated carbocycles. The fourth-order valence-electron chi connectivity index (χ4n) is 2.79. The Bertz CT molecular complexity index is 1050. The second-order valence-electron chi connectivity index (χ2n) is 6.81. The minimum Gasteiger partial charge on any atom is -0.508 e. The molecule has 3 N–H and O–H groups in total. The molecule has 0 radical (unpaired) electrons. The van der Waals surface area contributed by atoms with Crippen LogP contribution in [0.15, 0.2) is 66.7 Å². The van der Waals surface area contributed by atoms with Gasteiger partial charge in [-0.25, -0.2) is 0 Å². The summed E-state index contributed by atoms with van der Waals surface area (Å²) in [5, 5.41) is 15.3. The van der Waals surface area contributed by atoms with Gasteiger partial charge in [0.1, 0.15) is 11.5 Å². The Kier molecular flexibility index (Phi) is 6.22. The lowest BCUT2D eigenvalue weighted by Crippen LogP contribution is -2.17. The number of hydrogen-bond acceptors (Lipinski definition) is 5. The van der Waals surface area contributed by atoms with Crippen molar-refractivity contribution in [2.24, 2.45) is 0 Å². The fourth-order valence-corrected chi connectivity index (χ4v) is 2.79. The van der Waals surface area contributed by atoms with Crippen LogP contribution in [0.4, 0.5) is 17.1 Å². The molecule has 0 fully saturated rings. The molecular weight excluding hydrogens is 382 g/mol. The van der Waals surface area contributed by atoms with Gasteiger partial charge in [0.05, 0.1) is 18.5 Å². The van der Waals surface area contributed by atoms with Crippen LogP contribution in [-0.2, 0) is 0 Å². The summed E-state index contributed by atoms with van der Waals surface area (Å²) in [7, 11) is 5.38. The molecule has 3 rings (SSSR count). The average molecular weight is 405 g/mol. The van der Waals surface area contributed by atoms with Crippen molar-refractivity contribution in [2.45, 2.75) is 0 Å². The summed E-state index contributed by atoms with van der Waals surface area (Å²) in [6.07, 6.45) is 0. The van der Waals surface area contributed by atoms with E-state index < -0.39 is 0 Å². The number of phenolic OH excluding ortho intramolecular Hbond substituents is 1. The molecule has 0 aliphatic carbocycles. The van der Waals surface area contributed by atoms with Crippen LogP contribution < -0.4 is 20.3 Å². The largest absolute Gasteiger partial charge is 0.508 e. The highest BCUT2D eigenvalue weighted by molar-refractivity contribution is 6.10. The molecule has 0 saturated heterocycles. The summed E-state index contributed by atoms with van der Waals surface area (Å²) in [4.78, 5) is 27.2. The van der Waals surface area contributed by atoms with E-state index in [1.54, 1.807) is 43.5 Å². The van der Waals surface area contributed by atoms with Crippen LogP contribution in [0, 0.1) is 0 Å². The zero-order valence-corrected chi connectivity index (χ0v) is 17.0. The van der Waals surface area contributed by atoms with Gasteiger partial charge in [-0.05, 0) is 60.7 Å². The smallest absolute Gasteiger partial charge is 0.255 e. The highest BCUT2D eigenvalue weighted by atomic mass is 16.5. The molecule has 7 heteroatoms. The quantitative estimate of drug-likeness (QED) is 0.540. The Morgan fingerprint density at radius 3 is 1.87 bits per heavy atom. The monoisotopic (exact) mass is 405 g/mol. The molecule has 0 bridgehead atoms. The number of carbonyl (C=O) groups is 2. The van der Waals surface area contributed by atoms with Gasteiger partial charge >= 0.3 is 0 Å². The molecule has 2 amide bonds. The number of amides is 2. The number of anilines is 3. The number of carbonyl (C=O) groups excluding carboxylic acids is 2. The molecule has 154 valence electrons. The summed E-state index contributed by atoms with van der Waals surface area (Å²) in [5.41, 5.74) is 2.51. The second kappa shape index (κ2) is 9.00. The molecular formula is C23H23N3O4. The molecule has 3 aromatic carbocycles. The highest BCUT2D eigenvalue weighted by Crippen LogP contribution is 2.28. The zero-order valence-electron chi connectivity index (χ0n) is 17.0. The van der Waals surface area contributed by atoms with E-state index in [1.807, 2.05) is 31.1 Å². The molecule has 0 atom stereocenters. The number of benzene rings is 3. The molecule has 0 aliphatic heterocycles. The van der Waals surface area contributed by atoms with Crippen LogP contribution in [0.1, 0.15) is 20.7 Å². The predicted octanol–water partition coefficient (Wildman–Crippen LogP) is 3.97. The van der Waals surface area contributed by atoms with Gasteiger partial charge in [-0.3, -0.25) is 9.59 Å². The van der Waals surface area contributed by atoms with Crippen LogP contribution in [0.25, 0.3) is 0 Å². The maximum absolute atomic E-state index is 12.7. The number of rotatable bonds is 6. The third-order valence-corrected chi connectivity index (χ3v) is 4.50. The van der Waals surface area contributed by atoms with Crippen LogP contribution >= 0.6 is 0 Å². The van der Waals surface area contributed by atoms with Gasteiger partial charge in [0, 0.05) is 37.0 Å². The van der Waals surface area contributed by atoms with Crippen molar-refractivity contribution in [3.05, 3.63) is 77.9 Å². The van der Waals surface area contributed by atoms with Crippen molar-refractivity contribution in [1.29, 1.82) is 0 Å². The van der Waals surface area contributed by atoms with Crippen LogP contribution in [0.2, 0.25) is 0 Å². The Balaban J connectivity index is 1.78. The third kappa shape index (κ3) is 4.88. The lowest BCUT2D eigenvalue weighted by Gasteiger charge is -2.14. The number of nitrogens with zero attached hydrogens (tertiary/aromatic N) is 1. The summed E-state index contributed by atoms with van der Waals surface area (Å²) < 4.78 is 5.10. The Labute approximate surface area is 174 Å². The summed E-state index contributed by atoms with van der Waals surface area (Å²) >= 11 is 0. The van der Waals surface area contributed by atoms with Gasteiger partial charge in [-0.1, -0.05) is 0 Å². The predicted molar refractivity (Wildman–Crippen MR) is 118 cm³/mol. The number of phenols is 1. The minimum absolute atomic E-state index is 0.0318. The maximum Gasteiger partial charge on any atom is 0.255 e. The minimum atomic E-state index is -0.356. The van der Waals surface area contributed by atoms with E-state index in [9.17, 15) is 14.7 Å². The van der Waals surface area contributed by atoms with Gasteiger partial charge in [-0.15, -0.1) is 0 Å². The first kappa shape index (κ1) is 20.7. The molecule has 0 aromatic heterocycles. The standard InChI is InChI=1S/C23H23N3O4/c1-26(2)17-8-4-15(5-9-17)23(29)25-21-14-18(27)10-13-20(21)24-22(28)16-6-11-19(30-3)12-7-16/h4-14,27H,1-3H3,(H,24,28)(H,25,29). The zero-order chi connectivity index (χ0) is 21.7. The summed E-state index contributed by atoms with van der Waals surface area (Å²) in [5.74, 6) is -0.0971. The topological polar surface area (TPSA) is 90.9 Å². The van der Waals surface area contributed by atoms with Crippen LogP contribution in [-0.4, -0.2) is 38.1 Å². The first-order chi connectivity index (χ1) is 14.4. The van der Waals surface area contributed by atoms with E-state index in [1.165, 1.54) is 18.2 Å². The first-order valence-electron chi connectivity index (χ1n) is 9.24. The van der Waals surface area contributed by atoms with Crippen LogP contribution in [0.3, 0.4) is 0 Å². The average Bonchev–Trinajstić information content (AvgIpc) is 2.75. The Hall–Kier alpha value is -4.00. The fraction of sp³-hybridized carbons (Fsp3) is 0.130. The summed E-state index contributed by atoms with van der Waals surface area (Å²) in [6.45, 7) is 0. The molecule has 7 nitrogen and oxygen atoms in total. The van der Waals surface area contributed by atoms with Gasteiger partial charge in [0.25, 0.3) is 11.8 Å². The first-order valence-corrected chi connectivity index (χ1v) is 9.24. The molecule has 30 heavy (non-hydrogen) atoms. The number of hydrogen-bond donors (Lipinski definition) is 3. The molecule has 0 spiro atoms. The number of methoxy groups -OCH3 is 1. The Morgan fingerprint density at radius 2 is 1.33 bits per heavy atom. The van der Waals surface area contributed by atoms with Crippen LogP contribution in [0.5, 0.6) is 11.5 Å². The summed E-state index contributed by atoms with van der Waals surface area (Å²) in [6, 6.07) is 18.1. The lowest BCUT2D eigenvalue weighted by molar-refractivity contribution is 0.101. The molecule has 3 aromatic rings. The number of ether oxygens (including phenoxy) is 1. The molecule has 0 unspecified atom stereocenters. The van der Waals surface area contributed by atoms with Crippen molar-refractivity contribution < 1.29 is 19.4 Å². The van der Waals surface area contributed by atoms with E-state index in [0.717, 1.165) is 5.69 Å². The number of nitrogens with one attached hydrogen (secondary N) is 2. The molecule has 0 aliphatic rings. The highest BCUT2D eigenvalue weighted by Gasteiger charge is 2.14. The maximum atomic E-state index is 12.7. The van der Waals surface area contributed by atoms with Gasteiger partial charge < -0.3 is 25.4 Å². The van der Waals surface area contributed by atoms with E-state index in [4.69, 9.17) is 4.74 Å². The third-order valence-electron chi connectivity index (χ3n) is 4.50. The van der Waals surface area contributed by atoms with E-state index in [-0.39, 0.29) is 17.6 Å². The van der Waals surface area contributed by atoms with Crippen molar-refractivity contribution in [3.8, 4) is 11.5 Å². The second-order valence-corrected chi connectivity index (χ2v) is 6.81. The SMILES string of the molecule is COc1ccc(C(=O)Nc2ccc(O)cc2NC(=O)c2ccc(N(C)C)cc2)cc1.